The van der Waals surface area contributed by atoms with Gasteiger partial charge in [0.2, 0.25) is 5.91 Å². The number of carboxylic acids is 1. The zero-order valence-corrected chi connectivity index (χ0v) is 19.7. The Labute approximate surface area is 202 Å². The highest BCUT2D eigenvalue weighted by Crippen LogP contribution is 2.44. The lowest BCUT2D eigenvalue weighted by atomic mass is 9.80. The third kappa shape index (κ3) is 4.04. The fourth-order valence-electron chi connectivity index (χ4n) is 5.50. The molecule has 2 N–H and O–H groups in total. The van der Waals surface area contributed by atoms with Crippen molar-refractivity contribution in [2.24, 2.45) is 0 Å². The van der Waals surface area contributed by atoms with Crippen molar-refractivity contribution in [3.8, 4) is 11.1 Å². The summed E-state index contributed by atoms with van der Waals surface area (Å²) in [6.07, 6.45) is 2.93. The molecule has 1 heterocycles. The number of carboxylic acid groups (broad SMARTS) is 1. The summed E-state index contributed by atoms with van der Waals surface area (Å²) < 4.78 is 5.71. The number of amides is 2. The molecule has 0 spiro atoms. The molecule has 1 saturated heterocycles. The standard InChI is InChI=1S/C26H28N2O5S/c29-23(30)22-15-34-16-28(22)24(31)26(12-6-1-7-13-26)27-25(32)33-14-21-19-10-4-2-8-17(19)18-9-3-5-11-20(18)21/h2-5,8-11,21-22H,1,6-7,12-16H2,(H,27,32)(H,29,30). The summed E-state index contributed by atoms with van der Waals surface area (Å²) in [6, 6.07) is 15.4. The maximum Gasteiger partial charge on any atom is 0.408 e. The molecule has 0 radical (unpaired) electrons. The number of nitrogens with zero attached hydrogens (tertiary/aromatic N) is 1. The van der Waals surface area contributed by atoms with Crippen LogP contribution in [0.15, 0.2) is 48.5 Å². The number of fused-ring (bicyclic) bond motifs is 3. The van der Waals surface area contributed by atoms with Crippen LogP contribution in [-0.4, -0.2) is 57.8 Å². The molecule has 5 rings (SSSR count). The molecule has 1 unspecified atom stereocenters. The van der Waals surface area contributed by atoms with Gasteiger partial charge in [0.1, 0.15) is 18.2 Å². The molecule has 2 fully saturated rings. The van der Waals surface area contributed by atoms with Crippen LogP contribution in [0, 0.1) is 0 Å². The van der Waals surface area contributed by atoms with E-state index in [0.717, 1.165) is 41.5 Å². The van der Waals surface area contributed by atoms with Gasteiger partial charge in [-0.25, -0.2) is 9.59 Å². The van der Waals surface area contributed by atoms with Gasteiger partial charge < -0.3 is 20.1 Å². The van der Waals surface area contributed by atoms with E-state index in [0.29, 0.717) is 24.5 Å². The van der Waals surface area contributed by atoms with E-state index < -0.39 is 23.6 Å². The first-order valence-electron chi connectivity index (χ1n) is 11.7. The number of rotatable bonds is 5. The third-order valence-corrected chi connectivity index (χ3v) is 8.24. The molecule has 2 aliphatic carbocycles. The van der Waals surface area contributed by atoms with Crippen molar-refractivity contribution < 1.29 is 24.2 Å². The van der Waals surface area contributed by atoms with E-state index in [1.807, 2.05) is 24.3 Å². The number of thioether (sulfide) groups is 1. The Balaban J connectivity index is 1.32. The van der Waals surface area contributed by atoms with Crippen molar-refractivity contribution in [2.75, 3.05) is 18.2 Å². The maximum atomic E-state index is 13.5. The quantitative estimate of drug-likeness (QED) is 0.666. The molecule has 2 amide bonds. The van der Waals surface area contributed by atoms with Crippen molar-refractivity contribution in [1.82, 2.24) is 10.2 Å². The number of nitrogens with one attached hydrogen (secondary N) is 1. The first kappa shape index (κ1) is 22.8. The molecule has 0 bridgehead atoms. The first-order valence-corrected chi connectivity index (χ1v) is 12.9. The van der Waals surface area contributed by atoms with Crippen LogP contribution in [0.3, 0.4) is 0 Å². The number of carbonyl (C=O) groups excluding carboxylic acids is 2. The van der Waals surface area contributed by atoms with E-state index >= 15 is 0 Å². The van der Waals surface area contributed by atoms with Gasteiger partial charge in [0.05, 0.1) is 5.88 Å². The molecule has 1 saturated carbocycles. The van der Waals surface area contributed by atoms with Gasteiger partial charge >= 0.3 is 12.1 Å². The van der Waals surface area contributed by atoms with Gasteiger partial charge in [-0.1, -0.05) is 67.8 Å². The summed E-state index contributed by atoms with van der Waals surface area (Å²) in [7, 11) is 0. The molecule has 8 heteroatoms. The molecular weight excluding hydrogens is 452 g/mol. The predicted molar refractivity (Wildman–Crippen MR) is 130 cm³/mol. The van der Waals surface area contributed by atoms with Gasteiger partial charge in [0.25, 0.3) is 0 Å². The van der Waals surface area contributed by atoms with Crippen LogP contribution in [0.25, 0.3) is 11.1 Å². The van der Waals surface area contributed by atoms with Gasteiger partial charge in [-0.3, -0.25) is 4.79 Å². The van der Waals surface area contributed by atoms with Gasteiger partial charge in [-0.05, 0) is 35.1 Å². The van der Waals surface area contributed by atoms with E-state index in [-0.39, 0.29) is 18.4 Å². The minimum atomic E-state index is -1.11. The third-order valence-electron chi connectivity index (χ3n) is 7.23. The van der Waals surface area contributed by atoms with Crippen LogP contribution >= 0.6 is 11.8 Å². The minimum Gasteiger partial charge on any atom is -0.480 e. The lowest BCUT2D eigenvalue weighted by Gasteiger charge is -2.39. The zero-order chi connectivity index (χ0) is 23.7. The van der Waals surface area contributed by atoms with Gasteiger partial charge in [0, 0.05) is 11.7 Å². The highest BCUT2D eigenvalue weighted by molar-refractivity contribution is 7.99. The van der Waals surface area contributed by atoms with Crippen molar-refractivity contribution in [1.29, 1.82) is 0 Å². The Bertz CT molecular complexity index is 1070. The van der Waals surface area contributed by atoms with E-state index in [1.54, 1.807) is 0 Å². The van der Waals surface area contributed by atoms with E-state index in [9.17, 15) is 19.5 Å². The van der Waals surface area contributed by atoms with Crippen molar-refractivity contribution >= 4 is 29.7 Å². The van der Waals surface area contributed by atoms with Crippen LogP contribution in [0.5, 0.6) is 0 Å². The Hall–Kier alpha value is -3.00. The monoisotopic (exact) mass is 480 g/mol. The van der Waals surface area contributed by atoms with Gasteiger partial charge in [-0.15, -0.1) is 11.8 Å². The number of aliphatic carboxylic acids is 1. The number of hydrogen-bond acceptors (Lipinski definition) is 5. The molecule has 34 heavy (non-hydrogen) atoms. The number of alkyl carbamates (subject to hydrolysis) is 1. The Morgan fingerprint density at radius 3 is 2.24 bits per heavy atom. The van der Waals surface area contributed by atoms with Crippen LogP contribution in [0.2, 0.25) is 0 Å². The largest absolute Gasteiger partial charge is 0.480 e. The number of ether oxygens (including phenoxy) is 1. The fourth-order valence-corrected chi connectivity index (χ4v) is 6.64. The zero-order valence-electron chi connectivity index (χ0n) is 18.9. The smallest absolute Gasteiger partial charge is 0.408 e. The summed E-state index contributed by atoms with van der Waals surface area (Å²) in [5.41, 5.74) is 3.44. The van der Waals surface area contributed by atoms with Crippen molar-refractivity contribution in [3.05, 3.63) is 59.7 Å². The molecule has 178 valence electrons. The summed E-state index contributed by atoms with van der Waals surface area (Å²) in [5.74, 6) is -0.697. The Morgan fingerprint density at radius 1 is 1.00 bits per heavy atom. The molecule has 1 aliphatic heterocycles. The lowest BCUT2D eigenvalue weighted by Crippen LogP contribution is -2.62. The fraction of sp³-hybridized carbons (Fsp3) is 0.423. The summed E-state index contributed by atoms with van der Waals surface area (Å²) in [5, 5.41) is 12.4. The van der Waals surface area contributed by atoms with Crippen LogP contribution in [0.4, 0.5) is 4.79 Å². The summed E-state index contributed by atoms with van der Waals surface area (Å²) in [6.45, 7) is 0.168. The average molecular weight is 481 g/mol. The highest BCUT2D eigenvalue weighted by Gasteiger charge is 2.48. The van der Waals surface area contributed by atoms with Gasteiger partial charge in [-0.2, -0.15) is 0 Å². The van der Waals surface area contributed by atoms with Crippen molar-refractivity contribution in [3.63, 3.8) is 0 Å². The van der Waals surface area contributed by atoms with Crippen molar-refractivity contribution in [2.45, 2.75) is 49.6 Å². The molecule has 2 aromatic carbocycles. The summed E-state index contributed by atoms with van der Waals surface area (Å²) in [4.78, 5) is 39.6. The molecule has 2 aromatic rings. The van der Waals surface area contributed by atoms with Gasteiger partial charge in [0.15, 0.2) is 0 Å². The average Bonchev–Trinajstić information content (AvgIpc) is 3.46. The number of hydrogen-bond donors (Lipinski definition) is 2. The van der Waals surface area contributed by atoms with Crippen LogP contribution in [0.1, 0.15) is 49.1 Å². The lowest BCUT2D eigenvalue weighted by molar-refractivity contribution is -0.151. The molecule has 1 atom stereocenters. The second kappa shape index (κ2) is 9.33. The van der Waals surface area contributed by atoms with E-state index in [4.69, 9.17) is 4.74 Å². The molecule has 0 aromatic heterocycles. The second-order valence-corrected chi connectivity index (χ2v) is 10.2. The van der Waals surface area contributed by atoms with E-state index in [2.05, 4.69) is 29.6 Å². The molecular formula is C26H28N2O5S. The van der Waals surface area contributed by atoms with E-state index in [1.165, 1.54) is 16.7 Å². The Kier molecular flexibility index (Phi) is 6.25. The maximum absolute atomic E-state index is 13.5. The summed E-state index contributed by atoms with van der Waals surface area (Å²) >= 11 is 1.42. The predicted octanol–water partition coefficient (Wildman–Crippen LogP) is 4.21. The minimum absolute atomic E-state index is 0.0671. The van der Waals surface area contributed by atoms with Crippen LogP contribution < -0.4 is 5.32 Å². The van der Waals surface area contributed by atoms with Crippen LogP contribution in [-0.2, 0) is 14.3 Å². The number of benzene rings is 2. The highest BCUT2D eigenvalue weighted by atomic mass is 32.2. The topological polar surface area (TPSA) is 95.9 Å². The number of carbonyl (C=O) groups is 3. The second-order valence-electron chi connectivity index (χ2n) is 9.22. The first-order chi connectivity index (χ1) is 16.5. The SMILES string of the molecule is O=C(NC1(C(=O)N2CSCC2C(=O)O)CCCCC1)OCC1c2ccccc2-c2ccccc21. The normalized spacial score (nSPS) is 20.9. The Morgan fingerprint density at radius 2 is 1.62 bits per heavy atom. The molecule has 7 nitrogen and oxygen atoms in total. The molecule has 3 aliphatic rings.